The van der Waals surface area contributed by atoms with Gasteiger partial charge < -0.3 is 4.90 Å². The number of aromatic nitrogens is 2. The lowest BCUT2D eigenvalue weighted by Crippen LogP contribution is -2.36. The number of anilines is 1. The lowest BCUT2D eigenvalue weighted by atomic mass is 10.1. The first kappa shape index (κ1) is 18.3. The molecule has 3 rings (SSSR count). The van der Waals surface area contributed by atoms with E-state index in [1.165, 1.54) is 0 Å². The first-order chi connectivity index (χ1) is 12.0. The molecule has 134 valence electrons. The minimum Gasteiger partial charge on any atom is -0.355 e. The second kappa shape index (κ2) is 7.78. The molecule has 2 aromatic heterocycles. The van der Waals surface area contributed by atoms with Gasteiger partial charge in [-0.1, -0.05) is 17.7 Å². The quantitative estimate of drug-likeness (QED) is 0.828. The zero-order chi connectivity index (χ0) is 18.0. The van der Waals surface area contributed by atoms with Gasteiger partial charge in [0, 0.05) is 43.6 Å². The maximum absolute atomic E-state index is 11.5. The van der Waals surface area contributed by atoms with Gasteiger partial charge in [-0.25, -0.2) is 9.19 Å². The van der Waals surface area contributed by atoms with E-state index in [9.17, 15) is 8.76 Å². The van der Waals surface area contributed by atoms with Crippen LogP contribution in [-0.2, 0) is 11.3 Å². The van der Waals surface area contributed by atoms with Crippen LogP contribution in [0, 0.1) is 6.92 Å². The molecular formula is C17H21ClN4O2S. The minimum absolute atomic E-state index is 0.0423. The number of rotatable bonds is 3. The van der Waals surface area contributed by atoms with Crippen molar-refractivity contribution in [3.63, 3.8) is 0 Å². The Kier molecular flexibility index (Phi) is 5.68. The summed E-state index contributed by atoms with van der Waals surface area (Å²) < 4.78 is 22.5. The molecule has 0 radical (unpaired) electrons. The normalized spacial score (nSPS) is 20.3. The predicted octanol–water partition coefficient (Wildman–Crippen LogP) is 3.14. The van der Waals surface area contributed by atoms with Gasteiger partial charge in [-0.2, -0.15) is 4.31 Å². The Labute approximate surface area is 155 Å². The van der Waals surface area contributed by atoms with Gasteiger partial charge in [0.15, 0.2) is 0 Å². The molecule has 8 heteroatoms. The van der Waals surface area contributed by atoms with Crippen LogP contribution in [-0.4, -0.2) is 48.7 Å². The highest BCUT2D eigenvalue weighted by atomic mass is 35.5. The summed E-state index contributed by atoms with van der Waals surface area (Å²) >= 11 is 4.41. The summed E-state index contributed by atoms with van der Waals surface area (Å²) in [5.41, 5.74) is 2.75. The number of pyridine rings is 2. The predicted molar refractivity (Wildman–Crippen MR) is 101 cm³/mol. The molecule has 2 atom stereocenters. The van der Waals surface area contributed by atoms with Crippen LogP contribution >= 0.6 is 11.6 Å². The van der Waals surface area contributed by atoms with Gasteiger partial charge in [-0.3, -0.25) is 9.54 Å². The van der Waals surface area contributed by atoms with Crippen LogP contribution in [0.2, 0.25) is 5.02 Å². The lowest BCUT2D eigenvalue weighted by molar-refractivity contribution is 0.341. The molecule has 0 amide bonds. The lowest BCUT2D eigenvalue weighted by Gasteiger charge is -2.22. The van der Waals surface area contributed by atoms with Crippen molar-refractivity contribution < 1.29 is 8.76 Å². The first-order valence-electron chi connectivity index (χ1n) is 8.17. The molecule has 1 unspecified atom stereocenters. The number of halogens is 1. The third-order valence-electron chi connectivity index (χ3n) is 4.53. The fourth-order valence-corrected chi connectivity index (χ4v) is 3.89. The van der Waals surface area contributed by atoms with Crippen molar-refractivity contribution in [1.82, 2.24) is 14.3 Å². The number of hydrogen-bond acceptors (Lipinski definition) is 4. The highest BCUT2D eigenvalue weighted by Crippen LogP contribution is 2.31. The van der Waals surface area contributed by atoms with Gasteiger partial charge >= 0.3 is 0 Å². The highest BCUT2D eigenvalue weighted by Gasteiger charge is 2.25. The Hall–Kier alpha value is -1.54. The van der Waals surface area contributed by atoms with Crippen molar-refractivity contribution in [2.45, 2.75) is 26.3 Å². The van der Waals surface area contributed by atoms with Crippen LogP contribution in [0.3, 0.4) is 0 Å². The minimum atomic E-state index is -1.95. The molecule has 0 bridgehead atoms. The van der Waals surface area contributed by atoms with E-state index in [1.54, 1.807) is 16.7 Å². The summed E-state index contributed by atoms with van der Waals surface area (Å²) in [6, 6.07) is 5.89. The summed E-state index contributed by atoms with van der Waals surface area (Å²) in [6.07, 6.45) is 4.19. The standard InChI is InChI=1S/C17H21ClN4O2S/c1-12-4-3-6-19-17(12)14-10-16(20-11-15(14)18)21-7-5-13(2)22(9-8-21)25(23)24/h3-4,6,10-11,13H,5,7-9H2,1-2H3,(H,23,24)/t13-/m0/s1. The zero-order valence-corrected chi connectivity index (χ0v) is 15.8. The maximum atomic E-state index is 11.5. The largest absolute Gasteiger partial charge is 0.355 e. The zero-order valence-electron chi connectivity index (χ0n) is 14.2. The van der Waals surface area contributed by atoms with Crippen molar-refractivity contribution in [3.05, 3.63) is 41.2 Å². The molecule has 0 spiro atoms. The molecular weight excluding hydrogens is 360 g/mol. The molecule has 6 nitrogen and oxygen atoms in total. The van der Waals surface area contributed by atoms with Crippen molar-refractivity contribution in [1.29, 1.82) is 0 Å². The molecule has 2 aromatic rings. The molecule has 1 aliphatic heterocycles. The van der Waals surface area contributed by atoms with Crippen molar-refractivity contribution in [2.75, 3.05) is 24.5 Å². The van der Waals surface area contributed by atoms with Crippen molar-refractivity contribution in [2.24, 2.45) is 0 Å². The van der Waals surface area contributed by atoms with Crippen LogP contribution in [0.1, 0.15) is 18.9 Å². The van der Waals surface area contributed by atoms with Gasteiger partial charge in [-0.05, 0) is 38.0 Å². The van der Waals surface area contributed by atoms with E-state index in [2.05, 4.69) is 14.9 Å². The summed E-state index contributed by atoms with van der Waals surface area (Å²) in [7, 11) is 0. The number of nitrogens with zero attached hydrogens (tertiary/aromatic N) is 4. The highest BCUT2D eigenvalue weighted by molar-refractivity contribution is 7.76. The summed E-state index contributed by atoms with van der Waals surface area (Å²) in [5, 5.41) is 0.562. The Bertz CT molecular complexity index is 789. The van der Waals surface area contributed by atoms with Gasteiger partial charge in [0.25, 0.3) is 0 Å². The van der Waals surface area contributed by atoms with Gasteiger partial charge in [0.05, 0.1) is 10.7 Å². The summed E-state index contributed by atoms with van der Waals surface area (Å²) in [4.78, 5) is 11.0. The van der Waals surface area contributed by atoms with E-state index in [4.69, 9.17) is 11.6 Å². The molecule has 1 fully saturated rings. The number of hydrogen-bond donors (Lipinski definition) is 1. The van der Waals surface area contributed by atoms with Crippen LogP contribution in [0.15, 0.2) is 30.6 Å². The Morgan fingerprint density at radius 1 is 1.32 bits per heavy atom. The van der Waals surface area contributed by atoms with E-state index in [0.717, 1.165) is 35.6 Å². The Balaban J connectivity index is 1.90. The molecule has 1 N–H and O–H groups in total. The van der Waals surface area contributed by atoms with E-state index >= 15 is 0 Å². The van der Waals surface area contributed by atoms with Crippen LogP contribution in [0.25, 0.3) is 11.3 Å². The average Bonchev–Trinajstić information content (AvgIpc) is 2.78. The number of aryl methyl sites for hydroxylation is 1. The molecule has 0 aliphatic carbocycles. The second-order valence-electron chi connectivity index (χ2n) is 6.19. The second-order valence-corrected chi connectivity index (χ2v) is 7.53. The van der Waals surface area contributed by atoms with Crippen LogP contribution in [0.4, 0.5) is 5.82 Å². The van der Waals surface area contributed by atoms with Crippen molar-refractivity contribution in [3.8, 4) is 11.3 Å². The topological polar surface area (TPSA) is 69.6 Å². The van der Waals surface area contributed by atoms with Gasteiger partial charge in [-0.15, -0.1) is 0 Å². The Morgan fingerprint density at radius 2 is 2.12 bits per heavy atom. The molecule has 1 aliphatic rings. The van der Waals surface area contributed by atoms with E-state index in [-0.39, 0.29) is 6.04 Å². The SMILES string of the molecule is Cc1cccnc1-c1cc(N2CC[C@H](C)N(S(=O)O)CC2)ncc1Cl. The summed E-state index contributed by atoms with van der Waals surface area (Å²) in [6.45, 7) is 5.87. The fraction of sp³-hybridized carbons (Fsp3) is 0.412. The monoisotopic (exact) mass is 380 g/mol. The van der Waals surface area contributed by atoms with Crippen molar-refractivity contribution >= 4 is 28.7 Å². The third-order valence-corrected chi connectivity index (χ3v) is 5.77. The van der Waals surface area contributed by atoms with E-state index in [1.807, 2.05) is 32.0 Å². The average molecular weight is 381 g/mol. The first-order valence-corrected chi connectivity index (χ1v) is 9.61. The molecule has 25 heavy (non-hydrogen) atoms. The molecule has 3 heterocycles. The van der Waals surface area contributed by atoms with Crippen LogP contribution in [0.5, 0.6) is 0 Å². The molecule has 1 saturated heterocycles. The molecule has 0 saturated carbocycles. The van der Waals surface area contributed by atoms with E-state index < -0.39 is 11.3 Å². The smallest absolute Gasteiger partial charge is 0.234 e. The van der Waals surface area contributed by atoms with Gasteiger partial charge in [0.2, 0.25) is 11.3 Å². The third kappa shape index (κ3) is 4.00. The van der Waals surface area contributed by atoms with E-state index in [0.29, 0.717) is 18.1 Å². The van der Waals surface area contributed by atoms with Crippen LogP contribution < -0.4 is 4.90 Å². The van der Waals surface area contributed by atoms with Gasteiger partial charge in [0.1, 0.15) is 5.82 Å². The molecule has 0 aromatic carbocycles. The fourth-order valence-electron chi connectivity index (χ4n) is 3.05. The Morgan fingerprint density at radius 3 is 2.84 bits per heavy atom. The maximum Gasteiger partial charge on any atom is 0.234 e. The summed E-state index contributed by atoms with van der Waals surface area (Å²) in [5.74, 6) is 0.808.